The predicted octanol–water partition coefficient (Wildman–Crippen LogP) is -3.49. The topological polar surface area (TPSA) is 274 Å². The van der Waals surface area contributed by atoms with E-state index >= 15 is 0 Å². The molecule has 0 aliphatic heterocycles. The number of carboxylic acid groups (broad SMARTS) is 2. The van der Waals surface area contributed by atoms with Gasteiger partial charge in [0.2, 0.25) is 29.5 Å². The maximum atomic E-state index is 12.9. The van der Waals surface area contributed by atoms with Crippen LogP contribution in [0.15, 0.2) is 0 Å². The molecule has 0 aliphatic carbocycles. The van der Waals surface area contributed by atoms with Crippen LogP contribution in [0.1, 0.15) is 46.0 Å². The number of amides is 5. The fourth-order valence-corrected chi connectivity index (χ4v) is 2.73. The molecule has 0 saturated carbocycles. The average molecular weight is 488 g/mol. The highest BCUT2D eigenvalue weighted by Crippen LogP contribution is 2.10. The fraction of sp³-hybridized carbons (Fsp3) is 0.632. The second-order valence-corrected chi connectivity index (χ2v) is 7.71. The monoisotopic (exact) mass is 488 g/mol. The molecule has 5 amide bonds. The van der Waals surface area contributed by atoms with Crippen LogP contribution in [0, 0.1) is 5.92 Å². The number of nitrogens with one attached hydrogen (secondary N) is 3. The van der Waals surface area contributed by atoms with E-state index in [9.17, 15) is 38.7 Å². The lowest BCUT2D eigenvalue weighted by molar-refractivity contribution is -0.144. The summed E-state index contributed by atoms with van der Waals surface area (Å²) in [6.07, 6.45) is -1.67. The van der Waals surface area contributed by atoms with Crippen LogP contribution in [0.25, 0.3) is 0 Å². The summed E-state index contributed by atoms with van der Waals surface area (Å²) < 4.78 is 0. The van der Waals surface area contributed by atoms with Crippen molar-refractivity contribution < 1.29 is 43.8 Å². The highest BCUT2D eigenvalue weighted by Gasteiger charge is 2.33. The van der Waals surface area contributed by atoms with E-state index in [-0.39, 0.29) is 12.8 Å². The predicted molar refractivity (Wildman–Crippen MR) is 115 cm³/mol. The van der Waals surface area contributed by atoms with E-state index in [1.165, 1.54) is 0 Å². The van der Waals surface area contributed by atoms with Gasteiger partial charge in [-0.1, -0.05) is 20.3 Å². The molecule has 0 rings (SSSR count). The average Bonchev–Trinajstić information content (AvgIpc) is 2.72. The number of aliphatic carboxylic acids is 2. The highest BCUT2D eigenvalue weighted by molar-refractivity contribution is 5.95. The Morgan fingerprint density at radius 1 is 0.794 bits per heavy atom. The smallest absolute Gasteiger partial charge is 0.326 e. The lowest BCUT2D eigenvalue weighted by Gasteiger charge is -2.27. The van der Waals surface area contributed by atoms with Gasteiger partial charge in [-0.15, -0.1) is 0 Å². The van der Waals surface area contributed by atoms with Crippen LogP contribution >= 0.6 is 0 Å². The lowest BCUT2D eigenvalue weighted by atomic mass is 9.97. The van der Waals surface area contributed by atoms with Crippen LogP contribution in [0.4, 0.5) is 0 Å². The van der Waals surface area contributed by atoms with Gasteiger partial charge in [0.05, 0.1) is 18.9 Å². The van der Waals surface area contributed by atoms with Gasteiger partial charge >= 0.3 is 11.9 Å². The number of hydrogen-bond acceptors (Lipinski definition) is 8. The number of carboxylic acids is 2. The Hall–Kier alpha value is -3.75. The highest BCUT2D eigenvalue weighted by atomic mass is 16.4. The van der Waals surface area contributed by atoms with Gasteiger partial charge in [-0.2, -0.15) is 0 Å². The van der Waals surface area contributed by atoms with Crippen LogP contribution in [-0.4, -0.2) is 75.9 Å². The van der Waals surface area contributed by atoms with Crippen LogP contribution in [-0.2, 0) is 33.6 Å². The minimum Gasteiger partial charge on any atom is -0.481 e. The maximum Gasteiger partial charge on any atom is 0.326 e. The second kappa shape index (κ2) is 14.4. The van der Waals surface area contributed by atoms with Crippen molar-refractivity contribution in [2.75, 3.05) is 0 Å². The van der Waals surface area contributed by atoms with Crippen molar-refractivity contribution in [2.24, 2.45) is 23.1 Å². The van der Waals surface area contributed by atoms with Crippen molar-refractivity contribution in [1.82, 2.24) is 16.0 Å². The van der Waals surface area contributed by atoms with Gasteiger partial charge in [-0.25, -0.2) is 4.79 Å². The van der Waals surface area contributed by atoms with Crippen LogP contribution in [0.2, 0.25) is 0 Å². The van der Waals surface area contributed by atoms with Gasteiger partial charge in [-0.05, 0) is 12.3 Å². The van der Waals surface area contributed by atoms with Crippen molar-refractivity contribution in [1.29, 1.82) is 0 Å². The molecule has 34 heavy (non-hydrogen) atoms. The van der Waals surface area contributed by atoms with Crippen LogP contribution < -0.4 is 33.2 Å². The molecule has 0 aromatic rings. The zero-order valence-electron chi connectivity index (χ0n) is 18.9. The molecule has 0 aliphatic rings. The van der Waals surface area contributed by atoms with E-state index in [1.54, 1.807) is 13.8 Å². The minimum absolute atomic E-state index is 0.310. The Labute approximate surface area is 195 Å². The second-order valence-electron chi connectivity index (χ2n) is 7.71. The molecule has 11 N–H and O–H groups in total. The molecule has 0 aromatic carbocycles. The zero-order chi connectivity index (χ0) is 26.6. The summed E-state index contributed by atoms with van der Waals surface area (Å²) in [5.74, 6) is -7.95. The standard InChI is InChI=1S/C19H32N6O9/c1-3-8(2)15(25-16(30)9(20)6-14(28)29)18(32)23-10(4-5-12(21)26)17(31)24-11(19(33)34)7-13(22)27/h8-11,15H,3-7,20H2,1-2H3,(H2,21,26)(H2,22,27)(H,23,32)(H,24,31)(H,25,30)(H,28,29)(H,33,34). The number of hydrogen-bond donors (Lipinski definition) is 8. The molecule has 0 fully saturated rings. The number of rotatable bonds is 16. The van der Waals surface area contributed by atoms with Crippen molar-refractivity contribution in [2.45, 2.75) is 70.1 Å². The Morgan fingerprint density at radius 2 is 1.35 bits per heavy atom. The molecular formula is C19H32N6O9. The first-order valence-electron chi connectivity index (χ1n) is 10.4. The van der Waals surface area contributed by atoms with Crippen LogP contribution in [0.5, 0.6) is 0 Å². The molecule has 192 valence electrons. The molecule has 5 unspecified atom stereocenters. The molecule has 0 spiro atoms. The van der Waals surface area contributed by atoms with Crippen molar-refractivity contribution in [3.8, 4) is 0 Å². The van der Waals surface area contributed by atoms with E-state index in [0.29, 0.717) is 6.42 Å². The quantitative estimate of drug-likeness (QED) is 0.106. The summed E-state index contributed by atoms with van der Waals surface area (Å²) in [6.45, 7) is 3.33. The third-order valence-electron chi connectivity index (χ3n) is 4.86. The van der Waals surface area contributed by atoms with Gasteiger partial charge < -0.3 is 43.4 Å². The Morgan fingerprint density at radius 3 is 1.79 bits per heavy atom. The van der Waals surface area contributed by atoms with E-state index < -0.39 is 84.4 Å². The Balaban J connectivity index is 5.66. The Kier molecular flexibility index (Phi) is 12.8. The zero-order valence-corrected chi connectivity index (χ0v) is 18.9. The number of primary amides is 2. The van der Waals surface area contributed by atoms with Crippen molar-refractivity contribution in [3.05, 3.63) is 0 Å². The first-order valence-corrected chi connectivity index (χ1v) is 10.4. The number of carbonyl (C=O) groups is 7. The normalized spacial score (nSPS) is 15.0. The van der Waals surface area contributed by atoms with E-state index in [2.05, 4.69) is 16.0 Å². The van der Waals surface area contributed by atoms with E-state index in [4.69, 9.17) is 22.3 Å². The molecule has 0 heterocycles. The number of carbonyl (C=O) groups excluding carboxylic acids is 5. The molecule has 5 atom stereocenters. The van der Waals surface area contributed by atoms with E-state index in [1.807, 2.05) is 0 Å². The lowest BCUT2D eigenvalue weighted by Crippen LogP contribution is -2.59. The third kappa shape index (κ3) is 11.2. The molecule has 15 nitrogen and oxygen atoms in total. The number of nitrogens with two attached hydrogens (primary N) is 3. The maximum absolute atomic E-state index is 12.9. The SMILES string of the molecule is CCC(C)C(NC(=O)C(N)CC(=O)O)C(=O)NC(CCC(N)=O)C(=O)NC(CC(N)=O)C(=O)O. The minimum atomic E-state index is -1.68. The molecule has 15 heteroatoms. The van der Waals surface area contributed by atoms with Gasteiger partial charge in [0.15, 0.2) is 0 Å². The summed E-state index contributed by atoms with van der Waals surface area (Å²) in [7, 11) is 0. The summed E-state index contributed by atoms with van der Waals surface area (Å²) in [5, 5.41) is 24.7. The molecule has 0 saturated heterocycles. The molecular weight excluding hydrogens is 456 g/mol. The van der Waals surface area contributed by atoms with Crippen LogP contribution in [0.3, 0.4) is 0 Å². The fourth-order valence-electron chi connectivity index (χ4n) is 2.73. The molecule has 0 bridgehead atoms. The first kappa shape index (κ1) is 30.2. The molecule has 0 aromatic heterocycles. The third-order valence-corrected chi connectivity index (χ3v) is 4.86. The largest absolute Gasteiger partial charge is 0.481 e. The Bertz CT molecular complexity index is 803. The first-order chi connectivity index (χ1) is 15.7. The van der Waals surface area contributed by atoms with Crippen molar-refractivity contribution >= 4 is 41.5 Å². The summed E-state index contributed by atoms with van der Waals surface area (Å²) in [6, 6.07) is -5.80. The van der Waals surface area contributed by atoms with Gasteiger partial charge in [0.25, 0.3) is 0 Å². The van der Waals surface area contributed by atoms with Gasteiger partial charge in [-0.3, -0.25) is 28.8 Å². The van der Waals surface area contributed by atoms with Crippen molar-refractivity contribution in [3.63, 3.8) is 0 Å². The summed E-state index contributed by atoms with van der Waals surface area (Å²) in [5.41, 5.74) is 15.6. The summed E-state index contributed by atoms with van der Waals surface area (Å²) in [4.78, 5) is 82.1. The van der Waals surface area contributed by atoms with E-state index in [0.717, 1.165) is 0 Å². The van der Waals surface area contributed by atoms with Gasteiger partial charge in [0, 0.05) is 6.42 Å². The molecule has 0 radical (unpaired) electrons. The summed E-state index contributed by atoms with van der Waals surface area (Å²) >= 11 is 0. The van der Waals surface area contributed by atoms with Gasteiger partial charge in [0.1, 0.15) is 18.1 Å².